The van der Waals surface area contributed by atoms with Crippen LogP contribution in [-0.4, -0.2) is 53.0 Å². The summed E-state index contributed by atoms with van der Waals surface area (Å²) in [5.41, 5.74) is 1.92. The average Bonchev–Trinajstić information content (AvgIpc) is 3.02. The number of H-pyrrole nitrogens is 1. The highest BCUT2D eigenvalue weighted by atomic mass is 16.5. The molecule has 0 aliphatic carbocycles. The van der Waals surface area contributed by atoms with Crippen molar-refractivity contribution in [1.82, 2.24) is 25.5 Å². The van der Waals surface area contributed by atoms with Gasteiger partial charge in [-0.25, -0.2) is 4.98 Å². The molecule has 8 heteroatoms. The van der Waals surface area contributed by atoms with Crippen LogP contribution in [0.15, 0.2) is 30.6 Å². The van der Waals surface area contributed by atoms with E-state index >= 15 is 0 Å². The Morgan fingerprint density at radius 2 is 2.14 bits per heavy atom. The van der Waals surface area contributed by atoms with Gasteiger partial charge in [-0.3, -0.25) is 5.10 Å². The standard InChI is InChI=1S/C20H27N7O/c1-13(2)16-6-8-27(9-7-21-16)20-22-12-18(28-3)19(25-20)24-15-4-5-17-14(10-15)11-23-26-17/h4-5,10-13,16,21H,6-9H2,1-3H3,(H,23,26)(H,22,24,25). The van der Waals surface area contributed by atoms with Crippen LogP contribution in [0.1, 0.15) is 20.3 Å². The molecular formula is C20H27N7O. The van der Waals surface area contributed by atoms with Crippen LogP contribution in [-0.2, 0) is 0 Å². The lowest BCUT2D eigenvalue weighted by Gasteiger charge is -2.22. The molecule has 2 aromatic heterocycles. The van der Waals surface area contributed by atoms with Crippen molar-refractivity contribution < 1.29 is 4.74 Å². The zero-order valence-corrected chi connectivity index (χ0v) is 16.6. The van der Waals surface area contributed by atoms with E-state index in [9.17, 15) is 0 Å². The van der Waals surface area contributed by atoms with E-state index in [1.165, 1.54) is 0 Å². The van der Waals surface area contributed by atoms with Gasteiger partial charge in [0.1, 0.15) is 0 Å². The largest absolute Gasteiger partial charge is 0.491 e. The summed E-state index contributed by atoms with van der Waals surface area (Å²) < 4.78 is 5.47. The molecule has 8 nitrogen and oxygen atoms in total. The fourth-order valence-electron chi connectivity index (χ4n) is 3.57. The second-order valence-electron chi connectivity index (χ2n) is 7.46. The van der Waals surface area contributed by atoms with Gasteiger partial charge in [-0.15, -0.1) is 0 Å². The minimum atomic E-state index is 0.530. The number of ether oxygens (including phenoxy) is 1. The second kappa shape index (κ2) is 8.02. The molecule has 1 saturated heterocycles. The zero-order chi connectivity index (χ0) is 19.5. The number of hydrogen-bond acceptors (Lipinski definition) is 7. The highest BCUT2D eigenvalue weighted by molar-refractivity contribution is 5.83. The molecule has 3 N–H and O–H groups in total. The van der Waals surface area contributed by atoms with Crippen LogP contribution in [0.3, 0.4) is 0 Å². The average molecular weight is 381 g/mol. The van der Waals surface area contributed by atoms with Crippen molar-refractivity contribution in [2.75, 3.05) is 37.0 Å². The van der Waals surface area contributed by atoms with E-state index < -0.39 is 0 Å². The lowest BCUT2D eigenvalue weighted by Crippen LogP contribution is -2.34. The summed E-state index contributed by atoms with van der Waals surface area (Å²) in [5, 5.41) is 15.1. The summed E-state index contributed by atoms with van der Waals surface area (Å²) >= 11 is 0. The first-order valence-corrected chi connectivity index (χ1v) is 9.73. The molecule has 3 heterocycles. The predicted molar refractivity (Wildman–Crippen MR) is 111 cm³/mol. The fourth-order valence-corrected chi connectivity index (χ4v) is 3.57. The van der Waals surface area contributed by atoms with E-state index in [1.54, 1.807) is 19.5 Å². The molecule has 1 fully saturated rings. The van der Waals surface area contributed by atoms with Gasteiger partial charge in [-0.05, 0) is 30.5 Å². The van der Waals surface area contributed by atoms with Crippen LogP contribution in [0.4, 0.5) is 17.5 Å². The van der Waals surface area contributed by atoms with Gasteiger partial charge in [0, 0.05) is 36.7 Å². The number of aromatic amines is 1. The molecule has 1 atom stereocenters. The summed E-state index contributed by atoms with van der Waals surface area (Å²) in [4.78, 5) is 11.5. The summed E-state index contributed by atoms with van der Waals surface area (Å²) in [6.45, 7) is 7.27. The minimum absolute atomic E-state index is 0.530. The molecule has 28 heavy (non-hydrogen) atoms. The lowest BCUT2D eigenvalue weighted by atomic mass is 10.0. The number of rotatable bonds is 5. The van der Waals surface area contributed by atoms with E-state index in [2.05, 4.69) is 44.6 Å². The number of nitrogens with zero attached hydrogens (tertiary/aromatic N) is 4. The van der Waals surface area contributed by atoms with E-state index in [0.717, 1.165) is 48.6 Å². The van der Waals surface area contributed by atoms with Crippen molar-refractivity contribution >= 4 is 28.4 Å². The van der Waals surface area contributed by atoms with E-state index in [-0.39, 0.29) is 0 Å². The van der Waals surface area contributed by atoms with Gasteiger partial charge in [0.05, 0.1) is 25.0 Å². The molecular weight excluding hydrogens is 354 g/mol. The van der Waals surface area contributed by atoms with Crippen molar-refractivity contribution in [3.63, 3.8) is 0 Å². The first kappa shape index (κ1) is 18.5. The molecule has 4 rings (SSSR count). The maximum atomic E-state index is 5.47. The van der Waals surface area contributed by atoms with Crippen LogP contribution in [0.5, 0.6) is 5.75 Å². The van der Waals surface area contributed by atoms with Gasteiger partial charge in [-0.1, -0.05) is 13.8 Å². The molecule has 1 aliphatic rings. The number of hydrogen-bond donors (Lipinski definition) is 3. The number of nitrogens with one attached hydrogen (secondary N) is 3. The quantitative estimate of drug-likeness (QED) is 0.626. The molecule has 0 radical (unpaired) electrons. The van der Waals surface area contributed by atoms with Crippen LogP contribution in [0, 0.1) is 5.92 Å². The molecule has 1 unspecified atom stereocenters. The summed E-state index contributed by atoms with van der Waals surface area (Å²) in [5.74, 6) is 2.61. The van der Waals surface area contributed by atoms with Crippen molar-refractivity contribution in [3.05, 3.63) is 30.6 Å². The van der Waals surface area contributed by atoms with Gasteiger partial charge in [0.15, 0.2) is 11.6 Å². The number of fused-ring (bicyclic) bond motifs is 1. The van der Waals surface area contributed by atoms with Gasteiger partial charge in [0.2, 0.25) is 5.95 Å². The normalized spacial score (nSPS) is 17.7. The first-order chi connectivity index (χ1) is 13.6. The molecule has 1 aromatic carbocycles. The van der Waals surface area contributed by atoms with Crippen molar-refractivity contribution in [1.29, 1.82) is 0 Å². The van der Waals surface area contributed by atoms with Crippen LogP contribution < -0.4 is 20.3 Å². The van der Waals surface area contributed by atoms with Crippen LogP contribution >= 0.6 is 0 Å². The Kier molecular flexibility index (Phi) is 5.29. The maximum Gasteiger partial charge on any atom is 0.227 e. The molecule has 0 saturated carbocycles. The predicted octanol–water partition coefficient (Wildman–Crippen LogP) is 2.93. The highest BCUT2D eigenvalue weighted by Gasteiger charge is 2.21. The molecule has 3 aromatic rings. The smallest absolute Gasteiger partial charge is 0.227 e. The van der Waals surface area contributed by atoms with E-state index in [4.69, 9.17) is 9.72 Å². The number of anilines is 3. The zero-order valence-electron chi connectivity index (χ0n) is 16.6. The number of aromatic nitrogens is 4. The van der Waals surface area contributed by atoms with E-state index in [1.807, 2.05) is 18.2 Å². The van der Waals surface area contributed by atoms with Crippen molar-refractivity contribution in [2.24, 2.45) is 5.92 Å². The SMILES string of the molecule is COc1cnc(N2CCNC(C(C)C)CC2)nc1Nc1ccc2[nH]ncc2c1. The Morgan fingerprint density at radius 3 is 2.96 bits per heavy atom. The Hall–Kier alpha value is -2.87. The number of benzene rings is 1. The molecule has 1 aliphatic heterocycles. The monoisotopic (exact) mass is 381 g/mol. The summed E-state index contributed by atoms with van der Waals surface area (Å²) in [7, 11) is 1.63. The Balaban J connectivity index is 1.57. The molecule has 0 spiro atoms. The van der Waals surface area contributed by atoms with Crippen molar-refractivity contribution in [3.8, 4) is 5.75 Å². The maximum absolute atomic E-state index is 5.47. The van der Waals surface area contributed by atoms with Crippen molar-refractivity contribution in [2.45, 2.75) is 26.3 Å². The third-order valence-electron chi connectivity index (χ3n) is 5.25. The summed E-state index contributed by atoms with van der Waals surface area (Å²) in [6, 6.07) is 6.54. The van der Waals surface area contributed by atoms with Gasteiger partial charge in [-0.2, -0.15) is 10.1 Å². The Morgan fingerprint density at radius 1 is 1.25 bits per heavy atom. The van der Waals surface area contributed by atoms with Crippen LogP contribution in [0.2, 0.25) is 0 Å². The fraction of sp³-hybridized carbons (Fsp3) is 0.450. The number of methoxy groups -OCH3 is 1. The van der Waals surface area contributed by atoms with Gasteiger partial charge >= 0.3 is 0 Å². The second-order valence-corrected chi connectivity index (χ2v) is 7.46. The highest BCUT2D eigenvalue weighted by Crippen LogP contribution is 2.28. The van der Waals surface area contributed by atoms with Gasteiger partial charge < -0.3 is 20.3 Å². The topological polar surface area (TPSA) is 91.0 Å². The molecule has 148 valence electrons. The van der Waals surface area contributed by atoms with Crippen LogP contribution in [0.25, 0.3) is 10.9 Å². The molecule has 0 bridgehead atoms. The first-order valence-electron chi connectivity index (χ1n) is 9.73. The Labute approximate surface area is 164 Å². The third-order valence-corrected chi connectivity index (χ3v) is 5.25. The van der Waals surface area contributed by atoms with Gasteiger partial charge in [0.25, 0.3) is 0 Å². The van der Waals surface area contributed by atoms with E-state index in [0.29, 0.717) is 23.5 Å². The summed E-state index contributed by atoms with van der Waals surface area (Å²) in [6.07, 6.45) is 4.62. The third kappa shape index (κ3) is 3.87. The minimum Gasteiger partial charge on any atom is -0.491 e. The Bertz CT molecular complexity index is 939. The molecule has 0 amide bonds. The lowest BCUT2D eigenvalue weighted by molar-refractivity contribution is 0.403.